The average molecular weight is 237 g/mol. The van der Waals surface area contributed by atoms with Crippen LogP contribution in [0.2, 0.25) is 0 Å². The van der Waals surface area contributed by atoms with Crippen molar-refractivity contribution in [2.75, 3.05) is 7.05 Å². The predicted octanol–water partition coefficient (Wildman–Crippen LogP) is 3.09. The van der Waals surface area contributed by atoms with Gasteiger partial charge in [0.25, 0.3) is 0 Å². The minimum absolute atomic E-state index is 0.418. The molecule has 0 aliphatic heterocycles. The first-order valence-electron chi connectivity index (χ1n) is 6.62. The minimum Gasteiger partial charge on any atom is -0.467 e. The highest BCUT2D eigenvalue weighted by Crippen LogP contribution is 2.27. The Morgan fingerprint density at radius 2 is 2.24 bits per heavy atom. The summed E-state index contributed by atoms with van der Waals surface area (Å²) in [6.45, 7) is 3.75. The average Bonchev–Trinajstić information content (AvgIpc) is 2.76. The molecule has 0 spiro atoms. The van der Waals surface area contributed by atoms with E-state index in [2.05, 4.69) is 18.3 Å². The van der Waals surface area contributed by atoms with Gasteiger partial charge in [0, 0.05) is 12.1 Å². The second-order valence-electron chi connectivity index (χ2n) is 5.06. The summed E-state index contributed by atoms with van der Waals surface area (Å²) in [5, 5.41) is 3.11. The van der Waals surface area contributed by atoms with Gasteiger partial charge in [-0.3, -0.25) is 0 Å². The molecule has 1 aliphatic rings. The molecular weight excluding hydrogens is 214 g/mol. The quantitative estimate of drug-likeness (QED) is 0.854. The molecule has 2 atom stereocenters. The zero-order valence-electron chi connectivity index (χ0n) is 10.9. The van der Waals surface area contributed by atoms with Crippen LogP contribution in [0.25, 0.3) is 0 Å². The number of ether oxygens (including phenoxy) is 1. The molecule has 3 heteroatoms. The van der Waals surface area contributed by atoms with Crippen LogP contribution >= 0.6 is 0 Å². The summed E-state index contributed by atoms with van der Waals surface area (Å²) in [5.41, 5.74) is 1.18. The zero-order chi connectivity index (χ0) is 12.1. The van der Waals surface area contributed by atoms with Gasteiger partial charge in [-0.1, -0.05) is 19.8 Å². The number of hydrogen-bond acceptors (Lipinski definition) is 3. The van der Waals surface area contributed by atoms with E-state index in [-0.39, 0.29) is 0 Å². The fraction of sp³-hybridized carbons (Fsp3) is 0.714. The third kappa shape index (κ3) is 3.58. The van der Waals surface area contributed by atoms with Gasteiger partial charge in [-0.25, -0.2) is 0 Å². The Hall–Kier alpha value is -0.800. The van der Waals surface area contributed by atoms with Crippen molar-refractivity contribution >= 4 is 0 Å². The smallest absolute Gasteiger partial charge is 0.129 e. The van der Waals surface area contributed by atoms with Gasteiger partial charge < -0.3 is 14.5 Å². The van der Waals surface area contributed by atoms with Gasteiger partial charge in [0.05, 0.1) is 12.4 Å². The molecule has 96 valence electrons. The largest absolute Gasteiger partial charge is 0.467 e. The van der Waals surface area contributed by atoms with E-state index >= 15 is 0 Å². The van der Waals surface area contributed by atoms with Crippen molar-refractivity contribution in [3.8, 4) is 0 Å². The van der Waals surface area contributed by atoms with E-state index in [1.165, 1.54) is 31.2 Å². The standard InChI is InChI=1S/C14H23NO2/c1-11-5-3-4-6-14(11)17-10-13-7-12(8-15-2)9-16-13/h7,9,11,14-15H,3-6,8,10H2,1-2H3. The Morgan fingerprint density at radius 3 is 3.00 bits per heavy atom. The Labute approximate surface area is 104 Å². The Morgan fingerprint density at radius 1 is 1.41 bits per heavy atom. The highest BCUT2D eigenvalue weighted by atomic mass is 16.5. The molecule has 1 aromatic rings. The summed E-state index contributed by atoms with van der Waals surface area (Å²) in [4.78, 5) is 0. The van der Waals surface area contributed by atoms with E-state index in [1.807, 2.05) is 7.05 Å². The minimum atomic E-state index is 0.418. The van der Waals surface area contributed by atoms with Crippen molar-refractivity contribution < 1.29 is 9.15 Å². The fourth-order valence-electron chi connectivity index (χ4n) is 2.52. The fourth-order valence-corrected chi connectivity index (χ4v) is 2.52. The molecule has 0 bridgehead atoms. The highest BCUT2D eigenvalue weighted by Gasteiger charge is 2.22. The van der Waals surface area contributed by atoms with Gasteiger partial charge in [-0.05, 0) is 31.9 Å². The van der Waals surface area contributed by atoms with Crippen LogP contribution in [-0.2, 0) is 17.9 Å². The van der Waals surface area contributed by atoms with Gasteiger partial charge in [-0.2, -0.15) is 0 Å². The van der Waals surface area contributed by atoms with Crippen molar-refractivity contribution in [1.82, 2.24) is 5.32 Å². The van der Waals surface area contributed by atoms with E-state index in [4.69, 9.17) is 9.15 Å². The lowest BCUT2D eigenvalue weighted by Gasteiger charge is -2.28. The lowest BCUT2D eigenvalue weighted by atomic mass is 9.88. The van der Waals surface area contributed by atoms with Crippen LogP contribution in [0.5, 0.6) is 0 Å². The predicted molar refractivity (Wildman–Crippen MR) is 67.7 cm³/mol. The van der Waals surface area contributed by atoms with Crippen LogP contribution < -0.4 is 5.32 Å². The zero-order valence-corrected chi connectivity index (χ0v) is 10.9. The summed E-state index contributed by atoms with van der Waals surface area (Å²) in [6.07, 6.45) is 7.38. The topological polar surface area (TPSA) is 34.4 Å². The number of hydrogen-bond donors (Lipinski definition) is 1. The molecule has 1 heterocycles. The summed E-state index contributed by atoms with van der Waals surface area (Å²) in [6, 6.07) is 2.07. The molecule has 0 radical (unpaired) electrons. The number of nitrogens with one attached hydrogen (secondary N) is 1. The van der Waals surface area contributed by atoms with E-state index in [1.54, 1.807) is 6.26 Å². The molecule has 1 fully saturated rings. The van der Waals surface area contributed by atoms with Crippen LogP contribution in [0.1, 0.15) is 43.9 Å². The molecule has 2 rings (SSSR count). The molecule has 1 aromatic heterocycles. The van der Waals surface area contributed by atoms with Crippen molar-refractivity contribution in [3.63, 3.8) is 0 Å². The van der Waals surface area contributed by atoms with Crippen molar-refractivity contribution in [2.45, 2.75) is 51.9 Å². The lowest BCUT2D eigenvalue weighted by molar-refractivity contribution is -0.0219. The van der Waals surface area contributed by atoms with Gasteiger partial charge in [0.15, 0.2) is 0 Å². The molecule has 1 N–H and O–H groups in total. The Kier molecular flexibility index (Phi) is 4.63. The summed E-state index contributed by atoms with van der Waals surface area (Å²) in [5.74, 6) is 1.63. The van der Waals surface area contributed by atoms with Gasteiger partial charge in [0.1, 0.15) is 12.4 Å². The van der Waals surface area contributed by atoms with Gasteiger partial charge in [0.2, 0.25) is 0 Å². The van der Waals surface area contributed by atoms with E-state index in [0.717, 1.165) is 12.3 Å². The number of rotatable bonds is 5. The normalized spacial score (nSPS) is 25.1. The molecular formula is C14H23NO2. The van der Waals surface area contributed by atoms with E-state index < -0.39 is 0 Å². The Bertz CT molecular complexity index is 335. The lowest BCUT2D eigenvalue weighted by Crippen LogP contribution is -2.25. The first-order valence-corrected chi connectivity index (χ1v) is 6.62. The van der Waals surface area contributed by atoms with Crippen molar-refractivity contribution in [3.05, 3.63) is 23.7 Å². The van der Waals surface area contributed by atoms with Crippen LogP contribution in [0.4, 0.5) is 0 Å². The molecule has 1 saturated carbocycles. The van der Waals surface area contributed by atoms with Gasteiger partial charge in [-0.15, -0.1) is 0 Å². The van der Waals surface area contributed by atoms with Crippen molar-refractivity contribution in [1.29, 1.82) is 0 Å². The van der Waals surface area contributed by atoms with E-state index in [9.17, 15) is 0 Å². The second-order valence-corrected chi connectivity index (χ2v) is 5.06. The summed E-state index contributed by atoms with van der Waals surface area (Å²) in [7, 11) is 1.94. The van der Waals surface area contributed by atoms with Crippen LogP contribution in [-0.4, -0.2) is 13.2 Å². The first kappa shape index (κ1) is 12.7. The molecule has 3 nitrogen and oxygen atoms in total. The van der Waals surface area contributed by atoms with Crippen LogP contribution in [0.3, 0.4) is 0 Å². The third-order valence-corrected chi connectivity index (χ3v) is 3.56. The third-order valence-electron chi connectivity index (χ3n) is 3.56. The monoisotopic (exact) mass is 237 g/mol. The molecule has 17 heavy (non-hydrogen) atoms. The van der Waals surface area contributed by atoms with Gasteiger partial charge >= 0.3 is 0 Å². The SMILES string of the molecule is CNCc1coc(COC2CCCCC2C)c1. The molecule has 2 unspecified atom stereocenters. The summed E-state index contributed by atoms with van der Waals surface area (Å²) >= 11 is 0. The molecule has 1 aliphatic carbocycles. The Balaban J connectivity index is 1.79. The molecule has 0 saturated heterocycles. The maximum atomic E-state index is 5.96. The van der Waals surface area contributed by atoms with Crippen LogP contribution in [0.15, 0.2) is 16.7 Å². The molecule has 0 amide bonds. The maximum Gasteiger partial charge on any atom is 0.129 e. The second kappa shape index (κ2) is 6.22. The first-order chi connectivity index (χ1) is 8.29. The highest BCUT2D eigenvalue weighted by molar-refractivity contribution is 5.11. The molecule has 0 aromatic carbocycles. The van der Waals surface area contributed by atoms with E-state index in [0.29, 0.717) is 18.6 Å². The maximum absolute atomic E-state index is 5.96. The van der Waals surface area contributed by atoms with Crippen molar-refractivity contribution in [2.24, 2.45) is 5.92 Å². The van der Waals surface area contributed by atoms with Crippen LogP contribution in [0, 0.1) is 5.92 Å². The summed E-state index contributed by atoms with van der Waals surface area (Å²) < 4.78 is 11.4. The number of furan rings is 1.